The SMILES string of the molecule is CCCCCCCCCCCCCCNC(=O)c1ccccc1CO. The maximum Gasteiger partial charge on any atom is 0.251 e. The smallest absolute Gasteiger partial charge is 0.251 e. The average molecular weight is 348 g/mol. The van der Waals surface area contributed by atoms with Crippen molar-refractivity contribution in [3.8, 4) is 0 Å². The van der Waals surface area contributed by atoms with Crippen LogP contribution >= 0.6 is 0 Å². The van der Waals surface area contributed by atoms with Crippen molar-refractivity contribution in [1.82, 2.24) is 5.32 Å². The van der Waals surface area contributed by atoms with Crippen LogP contribution in [0, 0.1) is 0 Å². The van der Waals surface area contributed by atoms with E-state index in [-0.39, 0.29) is 12.5 Å². The van der Waals surface area contributed by atoms with Gasteiger partial charge in [-0.15, -0.1) is 0 Å². The third kappa shape index (κ3) is 10.3. The molecule has 0 aromatic heterocycles. The van der Waals surface area contributed by atoms with E-state index in [4.69, 9.17) is 0 Å². The Morgan fingerprint density at radius 2 is 1.36 bits per heavy atom. The van der Waals surface area contributed by atoms with Gasteiger partial charge >= 0.3 is 0 Å². The minimum absolute atomic E-state index is 0.0762. The van der Waals surface area contributed by atoms with Gasteiger partial charge in [0.15, 0.2) is 0 Å². The van der Waals surface area contributed by atoms with Crippen molar-refractivity contribution < 1.29 is 9.90 Å². The van der Waals surface area contributed by atoms with Crippen LogP contribution in [0.15, 0.2) is 24.3 Å². The Kier molecular flexibility index (Phi) is 13.0. The lowest BCUT2D eigenvalue weighted by molar-refractivity contribution is 0.0950. The van der Waals surface area contributed by atoms with E-state index in [0.29, 0.717) is 11.1 Å². The van der Waals surface area contributed by atoms with E-state index >= 15 is 0 Å². The molecule has 0 aliphatic rings. The van der Waals surface area contributed by atoms with Crippen molar-refractivity contribution in [2.24, 2.45) is 0 Å². The van der Waals surface area contributed by atoms with Crippen LogP contribution in [0.25, 0.3) is 0 Å². The predicted molar refractivity (Wildman–Crippen MR) is 106 cm³/mol. The highest BCUT2D eigenvalue weighted by Crippen LogP contribution is 2.12. The third-order valence-electron chi connectivity index (χ3n) is 4.75. The third-order valence-corrected chi connectivity index (χ3v) is 4.75. The zero-order valence-electron chi connectivity index (χ0n) is 16.1. The summed E-state index contributed by atoms with van der Waals surface area (Å²) in [7, 11) is 0. The number of carbonyl (C=O) groups excluding carboxylic acids is 1. The Hall–Kier alpha value is -1.35. The normalized spacial score (nSPS) is 10.8. The van der Waals surface area contributed by atoms with Gasteiger partial charge in [0.05, 0.1) is 6.61 Å². The van der Waals surface area contributed by atoms with Crippen molar-refractivity contribution in [2.45, 2.75) is 90.6 Å². The lowest BCUT2D eigenvalue weighted by Gasteiger charge is -2.08. The monoisotopic (exact) mass is 347 g/mol. The van der Waals surface area contributed by atoms with Gasteiger partial charge in [-0.3, -0.25) is 4.79 Å². The van der Waals surface area contributed by atoms with Gasteiger partial charge in [-0.05, 0) is 18.1 Å². The highest BCUT2D eigenvalue weighted by molar-refractivity contribution is 5.95. The largest absolute Gasteiger partial charge is 0.392 e. The standard InChI is InChI=1S/C22H37NO2/c1-2-3-4-5-6-7-8-9-10-11-12-15-18-23-22(25)21-17-14-13-16-20(21)19-24/h13-14,16-17,24H,2-12,15,18-19H2,1H3,(H,23,25). The Morgan fingerprint density at radius 3 is 1.92 bits per heavy atom. The minimum Gasteiger partial charge on any atom is -0.392 e. The van der Waals surface area contributed by atoms with Gasteiger partial charge in [-0.2, -0.15) is 0 Å². The van der Waals surface area contributed by atoms with E-state index in [1.54, 1.807) is 12.1 Å². The van der Waals surface area contributed by atoms with Crippen LogP contribution in [0.4, 0.5) is 0 Å². The zero-order chi connectivity index (χ0) is 18.2. The summed E-state index contributed by atoms with van der Waals surface area (Å²) in [4.78, 5) is 12.1. The molecule has 25 heavy (non-hydrogen) atoms. The van der Waals surface area contributed by atoms with Gasteiger partial charge < -0.3 is 10.4 Å². The molecule has 0 spiro atoms. The Labute approximate surface area is 154 Å². The lowest BCUT2D eigenvalue weighted by Crippen LogP contribution is -2.25. The number of nitrogens with one attached hydrogen (secondary N) is 1. The van der Waals surface area contributed by atoms with E-state index in [2.05, 4.69) is 12.2 Å². The van der Waals surface area contributed by atoms with Crippen LogP contribution in [-0.4, -0.2) is 17.6 Å². The number of amides is 1. The van der Waals surface area contributed by atoms with Gasteiger partial charge in [0.2, 0.25) is 0 Å². The van der Waals surface area contributed by atoms with Crippen LogP contribution in [0.1, 0.15) is 99.9 Å². The van der Waals surface area contributed by atoms with Crippen molar-refractivity contribution in [3.63, 3.8) is 0 Å². The van der Waals surface area contributed by atoms with E-state index in [9.17, 15) is 9.90 Å². The van der Waals surface area contributed by atoms with Crippen molar-refractivity contribution >= 4 is 5.91 Å². The molecule has 0 saturated heterocycles. The summed E-state index contributed by atoms with van der Waals surface area (Å²) < 4.78 is 0. The highest BCUT2D eigenvalue weighted by Gasteiger charge is 2.08. The Morgan fingerprint density at radius 1 is 0.840 bits per heavy atom. The molecular formula is C22H37NO2. The molecule has 0 radical (unpaired) electrons. The van der Waals surface area contributed by atoms with Crippen molar-refractivity contribution in [1.29, 1.82) is 0 Å². The first-order valence-corrected chi connectivity index (χ1v) is 10.3. The van der Waals surface area contributed by atoms with E-state index in [1.165, 1.54) is 70.6 Å². The van der Waals surface area contributed by atoms with Crippen molar-refractivity contribution in [3.05, 3.63) is 35.4 Å². The number of aliphatic hydroxyl groups is 1. The molecule has 0 saturated carbocycles. The van der Waals surface area contributed by atoms with Crippen molar-refractivity contribution in [2.75, 3.05) is 6.54 Å². The second-order valence-electron chi connectivity index (χ2n) is 6.96. The fourth-order valence-electron chi connectivity index (χ4n) is 3.14. The van der Waals surface area contributed by atoms with E-state index in [0.717, 1.165) is 13.0 Å². The van der Waals surface area contributed by atoms with E-state index < -0.39 is 0 Å². The first-order valence-electron chi connectivity index (χ1n) is 10.3. The first kappa shape index (κ1) is 21.7. The maximum absolute atomic E-state index is 12.1. The number of unbranched alkanes of at least 4 members (excludes halogenated alkanes) is 11. The number of hydrogen-bond acceptors (Lipinski definition) is 2. The summed E-state index contributed by atoms with van der Waals surface area (Å²) in [6, 6.07) is 7.23. The summed E-state index contributed by atoms with van der Waals surface area (Å²) in [6.45, 7) is 2.89. The van der Waals surface area contributed by atoms with E-state index in [1.807, 2.05) is 12.1 Å². The molecule has 2 N–H and O–H groups in total. The summed E-state index contributed by atoms with van der Waals surface area (Å²) in [5.41, 5.74) is 1.28. The molecule has 1 aromatic carbocycles. The predicted octanol–water partition coefficient (Wildman–Crippen LogP) is 5.61. The number of hydrogen-bond donors (Lipinski definition) is 2. The highest BCUT2D eigenvalue weighted by atomic mass is 16.3. The molecule has 0 atom stereocenters. The number of benzene rings is 1. The molecule has 142 valence electrons. The first-order chi connectivity index (χ1) is 12.3. The molecule has 3 heteroatoms. The molecule has 1 rings (SSSR count). The molecule has 1 aromatic rings. The minimum atomic E-state index is -0.0950. The molecular weight excluding hydrogens is 310 g/mol. The van der Waals surface area contributed by atoms with Gasteiger partial charge in [0.25, 0.3) is 5.91 Å². The molecule has 0 aliphatic heterocycles. The van der Waals surface area contributed by atoms with Gasteiger partial charge in [-0.1, -0.05) is 95.8 Å². The summed E-state index contributed by atoms with van der Waals surface area (Å²) >= 11 is 0. The second kappa shape index (κ2) is 14.9. The number of rotatable bonds is 15. The molecule has 0 aliphatic carbocycles. The molecule has 1 amide bonds. The average Bonchev–Trinajstić information content (AvgIpc) is 2.65. The Bertz CT molecular complexity index is 459. The van der Waals surface area contributed by atoms with Gasteiger partial charge in [-0.25, -0.2) is 0 Å². The Balaban J connectivity index is 1.94. The van der Waals surface area contributed by atoms with Gasteiger partial charge in [0, 0.05) is 12.1 Å². The molecule has 3 nitrogen and oxygen atoms in total. The maximum atomic E-state index is 12.1. The lowest BCUT2D eigenvalue weighted by atomic mass is 10.1. The number of aliphatic hydroxyl groups excluding tert-OH is 1. The van der Waals surface area contributed by atoms with Crippen LogP contribution < -0.4 is 5.32 Å². The van der Waals surface area contributed by atoms with Gasteiger partial charge in [0.1, 0.15) is 0 Å². The molecule has 0 unspecified atom stereocenters. The molecule has 0 fully saturated rings. The quantitative estimate of drug-likeness (QED) is 0.405. The van der Waals surface area contributed by atoms with Crippen LogP contribution in [0.5, 0.6) is 0 Å². The summed E-state index contributed by atoms with van der Waals surface area (Å²) in [6.07, 6.45) is 15.8. The fraction of sp³-hybridized carbons (Fsp3) is 0.682. The number of carbonyl (C=O) groups is 1. The van der Waals surface area contributed by atoms with Crippen LogP contribution in [0.3, 0.4) is 0 Å². The second-order valence-corrected chi connectivity index (χ2v) is 6.96. The summed E-state index contributed by atoms with van der Waals surface area (Å²) in [5.74, 6) is -0.0762. The van der Waals surface area contributed by atoms with Crippen LogP contribution in [-0.2, 0) is 6.61 Å². The molecule has 0 heterocycles. The van der Waals surface area contributed by atoms with Crippen LogP contribution in [0.2, 0.25) is 0 Å². The molecule has 0 bridgehead atoms. The summed E-state index contributed by atoms with van der Waals surface area (Å²) in [5, 5.41) is 12.2. The topological polar surface area (TPSA) is 49.3 Å². The fourth-order valence-corrected chi connectivity index (χ4v) is 3.14. The zero-order valence-corrected chi connectivity index (χ0v) is 16.1.